The summed E-state index contributed by atoms with van der Waals surface area (Å²) in [4.78, 5) is 11.7. The average Bonchev–Trinajstić information content (AvgIpc) is 3.15. The van der Waals surface area contributed by atoms with Gasteiger partial charge in [0, 0.05) is 35.4 Å². The third kappa shape index (κ3) is 2.04. The van der Waals surface area contributed by atoms with E-state index in [1.54, 1.807) is 23.5 Å². The minimum atomic E-state index is -0.371. The van der Waals surface area contributed by atoms with Crippen molar-refractivity contribution in [2.24, 2.45) is 0 Å². The van der Waals surface area contributed by atoms with E-state index in [-0.39, 0.29) is 16.7 Å². The summed E-state index contributed by atoms with van der Waals surface area (Å²) in [5.74, 6) is 0. The molecule has 1 aromatic carbocycles. The molecule has 2 aromatic heterocycles. The molecule has 4 rings (SSSR count). The van der Waals surface area contributed by atoms with Crippen LogP contribution in [0.4, 0.5) is 5.69 Å². The van der Waals surface area contributed by atoms with Crippen molar-refractivity contribution in [2.75, 3.05) is 0 Å². The van der Waals surface area contributed by atoms with Gasteiger partial charge < -0.3 is 4.57 Å². The Labute approximate surface area is 131 Å². The Hall–Kier alpha value is -2.44. The highest BCUT2D eigenvalue weighted by Gasteiger charge is 2.23. The molecule has 110 valence electrons. The largest absolute Gasteiger partial charge is 0.318 e. The van der Waals surface area contributed by atoms with Crippen molar-refractivity contribution in [3.05, 3.63) is 80.3 Å². The Morgan fingerprint density at radius 1 is 1.23 bits per heavy atom. The third-order valence-electron chi connectivity index (χ3n) is 3.96. The maximum Gasteiger partial charge on any atom is 0.269 e. The van der Waals surface area contributed by atoms with E-state index in [1.165, 1.54) is 10.6 Å². The van der Waals surface area contributed by atoms with Crippen LogP contribution in [-0.2, 0) is 6.54 Å². The van der Waals surface area contributed by atoms with Crippen LogP contribution >= 0.6 is 11.3 Å². The molecule has 5 nitrogen and oxygen atoms in total. The number of nitrogens with zero attached hydrogens (tertiary/aromatic N) is 2. The molecule has 1 aliphatic heterocycles. The van der Waals surface area contributed by atoms with Crippen molar-refractivity contribution in [2.45, 2.75) is 12.6 Å². The number of thiophene rings is 1. The Kier molecular flexibility index (Phi) is 3.06. The van der Waals surface area contributed by atoms with Crippen LogP contribution in [0.25, 0.3) is 5.69 Å². The number of nitrogens with one attached hydrogen (secondary N) is 1. The number of hydrogen-bond acceptors (Lipinski definition) is 4. The second-order valence-electron chi connectivity index (χ2n) is 5.19. The van der Waals surface area contributed by atoms with Gasteiger partial charge in [-0.2, -0.15) is 0 Å². The number of non-ortho nitro benzene ring substituents is 1. The number of hydrogen-bond donors (Lipinski definition) is 1. The molecule has 0 spiro atoms. The molecule has 1 unspecified atom stereocenters. The number of nitro groups is 1. The number of benzene rings is 1. The molecule has 0 saturated carbocycles. The van der Waals surface area contributed by atoms with Crippen LogP contribution in [0.5, 0.6) is 0 Å². The van der Waals surface area contributed by atoms with Gasteiger partial charge in [-0.3, -0.25) is 15.4 Å². The lowest BCUT2D eigenvalue weighted by molar-refractivity contribution is -0.384. The lowest BCUT2D eigenvalue weighted by Crippen LogP contribution is -2.21. The molecule has 1 atom stereocenters. The monoisotopic (exact) mass is 311 g/mol. The molecule has 3 aromatic rings. The van der Waals surface area contributed by atoms with Gasteiger partial charge in [-0.25, -0.2) is 0 Å². The van der Waals surface area contributed by atoms with E-state index in [4.69, 9.17) is 0 Å². The van der Waals surface area contributed by atoms with Crippen LogP contribution in [0.3, 0.4) is 0 Å². The number of aromatic nitrogens is 1. The van der Waals surface area contributed by atoms with Crippen molar-refractivity contribution in [3.8, 4) is 5.69 Å². The van der Waals surface area contributed by atoms with Gasteiger partial charge in [-0.1, -0.05) is 12.1 Å². The Balaban J connectivity index is 1.77. The first-order valence-electron chi connectivity index (χ1n) is 6.96. The van der Waals surface area contributed by atoms with Gasteiger partial charge in [-0.15, -0.1) is 11.3 Å². The molecule has 0 saturated heterocycles. The SMILES string of the molecule is O=[N+]([O-])c1ccc(C2NCc3sccc3-n3cccc32)cc1. The summed E-state index contributed by atoms with van der Waals surface area (Å²) in [7, 11) is 0. The standard InChI is InChI=1S/C16H13N3O2S/c20-19(21)12-5-3-11(4-6-12)16-14-2-1-8-18(14)13-7-9-22-15(13)10-17-16/h1-9,16-17H,10H2. The first-order chi connectivity index (χ1) is 10.7. The summed E-state index contributed by atoms with van der Waals surface area (Å²) in [6, 6.07) is 13.0. The van der Waals surface area contributed by atoms with E-state index in [1.807, 2.05) is 18.2 Å². The van der Waals surface area contributed by atoms with Gasteiger partial charge in [0.05, 0.1) is 16.7 Å². The molecule has 0 amide bonds. The summed E-state index contributed by atoms with van der Waals surface area (Å²) in [5.41, 5.74) is 3.50. The average molecular weight is 311 g/mol. The molecule has 22 heavy (non-hydrogen) atoms. The molecule has 3 heterocycles. The van der Waals surface area contributed by atoms with Crippen LogP contribution in [-0.4, -0.2) is 9.49 Å². The van der Waals surface area contributed by atoms with Crippen molar-refractivity contribution in [3.63, 3.8) is 0 Å². The number of nitro benzene ring substituents is 1. The molecular formula is C16H13N3O2S. The van der Waals surface area contributed by atoms with Crippen molar-refractivity contribution in [1.29, 1.82) is 0 Å². The minimum absolute atomic E-state index is 0.0235. The zero-order valence-corrected chi connectivity index (χ0v) is 12.4. The van der Waals surface area contributed by atoms with Crippen LogP contribution in [0, 0.1) is 10.1 Å². The summed E-state index contributed by atoms with van der Waals surface area (Å²) in [6.07, 6.45) is 2.06. The van der Waals surface area contributed by atoms with E-state index in [9.17, 15) is 10.1 Å². The zero-order valence-electron chi connectivity index (χ0n) is 11.6. The van der Waals surface area contributed by atoms with Crippen LogP contribution in [0.15, 0.2) is 54.0 Å². The van der Waals surface area contributed by atoms with E-state index in [0.29, 0.717) is 0 Å². The maximum absolute atomic E-state index is 10.8. The smallest absolute Gasteiger partial charge is 0.269 e. The lowest BCUT2D eigenvalue weighted by atomic mass is 10.0. The van der Waals surface area contributed by atoms with Gasteiger partial charge in [-0.05, 0) is 29.1 Å². The predicted molar refractivity (Wildman–Crippen MR) is 85.4 cm³/mol. The fourth-order valence-corrected chi connectivity index (χ4v) is 3.72. The Morgan fingerprint density at radius 2 is 2.05 bits per heavy atom. The van der Waals surface area contributed by atoms with E-state index >= 15 is 0 Å². The molecule has 1 N–H and O–H groups in total. The normalized spacial score (nSPS) is 16.6. The molecule has 6 heteroatoms. The first-order valence-corrected chi connectivity index (χ1v) is 7.84. The molecule has 0 radical (unpaired) electrons. The fourth-order valence-electron chi connectivity index (χ4n) is 2.91. The van der Waals surface area contributed by atoms with Crippen molar-refractivity contribution < 1.29 is 4.92 Å². The van der Waals surface area contributed by atoms with Crippen molar-refractivity contribution in [1.82, 2.24) is 9.88 Å². The van der Waals surface area contributed by atoms with Crippen molar-refractivity contribution >= 4 is 17.0 Å². The van der Waals surface area contributed by atoms with Gasteiger partial charge >= 0.3 is 0 Å². The highest BCUT2D eigenvalue weighted by Crippen LogP contribution is 2.33. The zero-order chi connectivity index (χ0) is 15.1. The van der Waals surface area contributed by atoms with E-state index < -0.39 is 0 Å². The van der Waals surface area contributed by atoms with E-state index in [2.05, 4.69) is 33.6 Å². The second-order valence-corrected chi connectivity index (χ2v) is 6.20. The van der Waals surface area contributed by atoms with Gasteiger partial charge in [0.1, 0.15) is 0 Å². The number of fused-ring (bicyclic) bond motifs is 3. The predicted octanol–water partition coefficient (Wildman–Crippen LogP) is 3.64. The molecule has 0 bridgehead atoms. The fraction of sp³-hybridized carbons (Fsp3) is 0.125. The maximum atomic E-state index is 10.8. The second kappa shape index (κ2) is 5.08. The van der Waals surface area contributed by atoms with Crippen LogP contribution < -0.4 is 5.32 Å². The Morgan fingerprint density at radius 3 is 2.82 bits per heavy atom. The summed E-state index contributed by atoms with van der Waals surface area (Å²) in [6.45, 7) is 0.788. The van der Waals surface area contributed by atoms with Gasteiger partial charge in [0.15, 0.2) is 0 Å². The summed E-state index contributed by atoms with van der Waals surface area (Å²) >= 11 is 1.74. The number of rotatable bonds is 2. The highest BCUT2D eigenvalue weighted by molar-refractivity contribution is 7.10. The third-order valence-corrected chi connectivity index (χ3v) is 4.87. The quantitative estimate of drug-likeness (QED) is 0.580. The molecule has 0 aliphatic carbocycles. The Bertz CT molecular complexity index is 835. The summed E-state index contributed by atoms with van der Waals surface area (Å²) in [5, 5.41) is 16.5. The van der Waals surface area contributed by atoms with E-state index in [0.717, 1.165) is 17.8 Å². The highest BCUT2D eigenvalue weighted by atomic mass is 32.1. The van der Waals surface area contributed by atoms with Crippen LogP contribution in [0.2, 0.25) is 0 Å². The molecule has 1 aliphatic rings. The lowest BCUT2D eigenvalue weighted by Gasteiger charge is -2.17. The molecular weight excluding hydrogens is 298 g/mol. The topological polar surface area (TPSA) is 60.1 Å². The summed E-state index contributed by atoms with van der Waals surface area (Å²) < 4.78 is 2.19. The minimum Gasteiger partial charge on any atom is -0.318 e. The first kappa shape index (κ1) is 13.2. The van der Waals surface area contributed by atoms with Gasteiger partial charge in [0.2, 0.25) is 0 Å². The van der Waals surface area contributed by atoms with Gasteiger partial charge in [0.25, 0.3) is 5.69 Å². The molecule has 0 fully saturated rings. The van der Waals surface area contributed by atoms with Crippen LogP contribution in [0.1, 0.15) is 22.2 Å².